The summed E-state index contributed by atoms with van der Waals surface area (Å²) in [5, 5.41) is 14.8. The third-order valence-corrected chi connectivity index (χ3v) is 3.22. The second-order valence-corrected chi connectivity index (χ2v) is 5.52. The lowest BCUT2D eigenvalue weighted by atomic mass is 10.1. The molecule has 0 radical (unpaired) electrons. The maximum absolute atomic E-state index is 9.10. The number of rotatable bonds is 8. The molecule has 0 saturated carbocycles. The van der Waals surface area contributed by atoms with Crippen molar-refractivity contribution < 1.29 is 24.5 Å². The topological polar surface area (TPSA) is 87.1 Å². The first-order chi connectivity index (χ1) is 11.7. The normalized spacial score (nSPS) is 9.76. The number of hydrogen-bond donors (Lipinski definition) is 2. The molecule has 0 atom stereocenters. The van der Waals surface area contributed by atoms with Crippen molar-refractivity contribution in [1.29, 1.82) is 0 Å². The summed E-state index contributed by atoms with van der Waals surface area (Å²) >= 11 is 0. The van der Waals surface area contributed by atoms with Gasteiger partial charge in [-0.3, -0.25) is 4.90 Å². The lowest BCUT2D eigenvalue weighted by Crippen LogP contribution is -2.29. The molecule has 0 aliphatic heterocycles. The average molecular weight is 349 g/mol. The first kappa shape index (κ1) is 22.4. The minimum absolute atomic E-state index is 0.687. The molecule has 0 aliphatic rings. The molecule has 1 rings (SSSR count). The van der Waals surface area contributed by atoms with E-state index in [2.05, 4.69) is 51.0 Å². The molecule has 0 saturated heterocycles. The molecule has 6 nitrogen and oxygen atoms in total. The van der Waals surface area contributed by atoms with Gasteiger partial charge in [-0.25, -0.2) is 9.59 Å². The summed E-state index contributed by atoms with van der Waals surface area (Å²) in [6, 6.07) is 4.32. The number of hydrogen-bond acceptors (Lipinski definition) is 4. The summed E-state index contributed by atoms with van der Waals surface area (Å²) in [5.74, 6) is -2.63. The summed E-state index contributed by atoms with van der Waals surface area (Å²) in [4.78, 5) is 20.4. The van der Waals surface area contributed by atoms with Crippen molar-refractivity contribution in [2.75, 3.05) is 26.2 Å². The molecule has 0 unspecified atom stereocenters. The first-order valence-corrected chi connectivity index (χ1v) is 7.83. The van der Waals surface area contributed by atoms with Crippen molar-refractivity contribution in [2.24, 2.45) is 0 Å². The van der Waals surface area contributed by atoms with Crippen LogP contribution in [-0.2, 0) is 9.59 Å². The Hall–Kier alpha value is -2.60. The molecular weight excluding hydrogens is 322 g/mol. The third kappa shape index (κ3) is 9.32. The predicted molar refractivity (Wildman–Crippen MR) is 98.3 cm³/mol. The molecule has 6 heteroatoms. The van der Waals surface area contributed by atoms with Crippen molar-refractivity contribution in [2.45, 2.75) is 20.8 Å². The second kappa shape index (κ2) is 11.9. The van der Waals surface area contributed by atoms with Crippen LogP contribution in [-0.4, -0.2) is 53.3 Å². The van der Waals surface area contributed by atoms with E-state index < -0.39 is 11.9 Å². The largest absolute Gasteiger partial charge is 0.492 e. The Balaban J connectivity index is 0.000000823. The van der Waals surface area contributed by atoms with E-state index in [1.807, 2.05) is 12.2 Å². The highest BCUT2D eigenvalue weighted by atomic mass is 16.5. The van der Waals surface area contributed by atoms with Gasteiger partial charge < -0.3 is 14.9 Å². The number of aryl methyl sites for hydroxylation is 3. The zero-order chi connectivity index (χ0) is 19.4. The lowest BCUT2D eigenvalue weighted by Gasteiger charge is -2.20. The Labute approximate surface area is 149 Å². The molecule has 0 bridgehead atoms. The van der Waals surface area contributed by atoms with Gasteiger partial charge in [-0.1, -0.05) is 29.8 Å². The average Bonchev–Trinajstić information content (AvgIpc) is 2.50. The number of nitrogens with zero attached hydrogens (tertiary/aromatic N) is 1. The molecule has 25 heavy (non-hydrogen) atoms. The molecule has 2 N–H and O–H groups in total. The summed E-state index contributed by atoms with van der Waals surface area (Å²) in [5.41, 5.74) is 3.69. The van der Waals surface area contributed by atoms with Crippen molar-refractivity contribution in [3.05, 3.63) is 54.1 Å². The Morgan fingerprint density at radius 2 is 1.48 bits per heavy atom. The van der Waals surface area contributed by atoms with E-state index in [0.717, 1.165) is 25.4 Å². The predicted octanol–water partition coefficient (Wildman–Crippen LogP) is 2.82. The monoisotopic (exact) mass is 349 g/mol. The van der Waals surface area contributed by atoms with Gasteiger partial charge in [0.05, 0.1) is 0 Å². The maximum Gasteiger partial charge on any atom is 0.414 e. The van der Waals surface area contributed by atoms with Gasteiger partial charge in [0.25, 0.3) is 0 Å². The number of carbonyl (C=O) groups is 2. The van der Waals surface area contributed by atoms with E-state index in [9.17, 15) is 0 Å². The van der Waals surface area contributed by atoms with E-state index in [-0.39, 0.29) is 0 Å². The van der Waals surface area contributed by atoms with Crippen LogP contribution >= 0.6 is 0 Å². The van der Waals surface area contributed by atoms with Crippen LogP contribution in [0.3, 0.4) is 0 Å². The zero-order valence-electron chi connectivity index (χ0n) is 15.1. The van der Waals surface area contributed by atoms with Crippen LogP contribution in [0.25, 0.3) is 0 Å². The lowest BCUT2D eigenvalue weighted by molar-refractivity contribution is -0.159. The van der Waals surface area contributed by atoms with Gasteiger partial charge in [0, 0.05) is 19.6 Å². The van der Waals surface area contributed by atoms with Crippen LogP contribution in [0, 0.1) is 20.8 Å². The van der Waals surface area contributed by atoms with Gasteiger partial charge in [0.2, 0.25) is 0 Å². The SMILES string of the molecule is C=CCN(CC=C)CCOc1c(C)cc(C)cc1C.O=C(O)C(=O)O. The Morgan fingerprint density at radius 3 is 1.84 bits per heavy atom. The summed E-state index contributed by atoms with van der Waals surface area (Å²) in [6.07, 6.45) is 3.82. The van der Waals surface area contributed by atoms with Crippen LogP contribution in [0.2, 0.25) is 0 Å². The molecule has 0 aromatic heterocycles. The van der Waals surface area contributed by atoms with Gasteiger partial charge in [-0.2, -0.15) is 0 Å². The highest BCUT2D eigenvalue weighted by Gasteiger charge is 2.06. The van der Waals surface area contributed by atoms with E-state index in [1.165, 1.54) is 16.7 Å². The molecule has 0 aliphatic carbocycles. The number of carboxylic acids is 2. The van der Waals surface area contributed by atoms with Crippen molar-refractivity contribution in [1.82, 2.24) is 4.90 Å². The van der Waals surface area contributed by atoms with Crippen LogP contribution in [0.4, 0.5) is 0 Å². The third-order valence-electron chi connectivity index (χ3n) is 3.22. The maximum atomic E-state index is 9.10. The molecule has 0 spiro atoms. The van der Waals surface area contributed by atoms with E-state index in [0.29, 0.717) is 6.61 Å². The Kier molecular flexibility index (Phi) is 10.6. The van der Waals surface area contributed by atoms with Gasteiger partial charge in [-0.15, -0.1) is 13.2 Å². The standard InChI is InChI=1S/C17H25NO.C2H2O4/c1-6-8-18(9-7-2)10-11-19-17-15(4)12-14(3)13-16(17)5;3-1(4)2(5)6/h6-7,12-13H,1-2,8-11H2,3-5H3;(H,3,4)(H,5,6). The van der Waals surface area contributed by atoms with Gasteiger partial charge in [-0.05, 0) is 31.9 Å². The molecular formula is C19H27NO5. The van der Waals surface area contributed by atoms with E-state index in [1.54, 1.807) is 0 Å². The van der Waals surface area contributed by atoms with Gasteiger partial charge in [0.15, 0.2) is 0 Å². The van der Waals surface area contributed by atoms with Gasteiger partial charge >= 0.3 is 11.9 Å². The minimum atomic E-state index is -1.82. The van der Waals surface area contributed by atoms with E-state index >= 15 is 0 Å². The quantitative estimate of drug-likeness (QED) is 0.554. The van der Waals surface area contributed by atoms with Crippen molar-refractivity contribution in [3.8, 4) is 5.75 Å². The smallest absolute Gasteiger partial charge is 0.414 e. The van der Waals surface area contributed by atoms with Crippen LogP contribution in [0.1, 0.15) is 16.7 Å². The fraction of sp³-hybridized carbons (Fsp3) is 0.368. The zero-order valence-corrected chi connectivity index (χ0v) is 15.1. The van der Waals surface area contributed by atoms with E-state index in [4.69, 9.17) is 24.5 Å². The first-order valence-electron chi connectivity index (χ1n) is 7.83. The van der Waals surface area contributed by atoms with Crippen molar-refractivity contribution >= 4 is 11.9 Å². The summed E-state index contributed by atoms with van der Waals surface area (Å²) in [6.45, 7) is 17.1. The van der Waals surface area contributed by atoms with Crippen LogP contribution in [0.5, 0.6) is 5.75 Å². The van der Waals surface area contributed by atoms with Crippen LogP contribution < -0.4 is 4.74 Å². The number of carboxylic acid groups (broad SMARTS) is 2. The van der Waals surface area contributed by atoms with Gasteiger partial charge in [0.1, 0.15) is 12.4 Å². The second-order valence-electron chi connectivity index (χ2n) is 5.52. The molecule has 0 heterocycles. The number of aliphatic carboxylic acids is 2. The minimum Gasteiger partial charge on any atom is -0.492 e. The molecule has 0 fully saturated rings. The highest BCUT2D eigenvalue weighted by molar-refractivity contribution is 6.27. The molecule has 1 aromatic rings. The fourth-order valence-corrected chi connectivity index (χ4v) is 2.29. The number of ether oxygens (including phenoxy) is 1. The van der Waals surface area contributed by atoms with Crippen LogP contribution in [0.15, 0.2) is 37.4 Å². The molecule has 0 amide bonds. The summed E-state index contributed by atoms with van der Waals surface area (Å²) in [7, 11) is 0. The fourth-order valence-electron chi connectivity index (χ4n) is 2.29. The molecule has 138 valence electrons. The summed E-state index contributed by atoms with van der Waals surface area (Å²) < 4.78 is 5.94. The molecule has 1 aromatic carbocycles. The van der Waals surface area contributed by atoms with Crippen molar-refractivity contribution in [3.63, 3.8) is 0 Å². The number of benzene rings is 1. The Bertz CT molecular complexity index is 565. The Morgan fingerprint density at radius 1 is 1.04 bits per heavy atom. The highest BCUT2D eigenvalue weighted by Crippen LogP contribution is 2.24.